The third-order valence-electron chi connectivity index (χ3n) is 1.33. The summed E-state index contributed by atoms with van der Waals surface area (Å²) < 4.78 is 6.54. The molecule has 2 rings (SSSR count). The highest BCUT2D eigenvalue weighted by Gasteiger charge is 2.00. The van der Waals surface area contributed by atoms with Crippen molar-refractivity contribution in [3.63, 3.8) is 0 Å². The maximum atomic E-state index is 4.83. The first kappa shape index (κ1) is 5.22. The zero-order chi connectivity index (χ0) is 6.97. The molecule has 0 aliphatic heterocycles. The first-order chi connectivity index (χ1) is 4.92. The van der Waals surface area contributed by atoms with Crippen LogP contribution in [0.3, 0.4) is 0 Å². The molecular formula is C6H5N3O. The van der Waals surface area contributed by atoms with Gasteiger partial charge in [0.25, 0.3) is 0 Å². The molecule has 10 heavy (non-hydrogen) atoms. The second-order valence-corrected chi connectivity index (χ2v) is 1.87. The zero-order valence-corrected chi connectivity index (χ0v) is 5.19. The molecule has 4 nitrogen and oxygen atoms in total. The van der Waals surface area contributed by atoms with Crippen LogP contribution >= 0.6 is 0 Å². The molecule has 0 spiro atoms. The molecule has 0 saturated carbocycles. The molecule has 0 saturated heterocycles. The average Bonchev–Trinajstić information content (AvgIpc) is 2.44. The van der Waals surface area contributed by atoms with Crippen molar-refractivity contribution in [3.8, 4) is 0 Å². The summed E-state index contributed by atoms with van der Waals surface area (Å²) in [5.74, 6) is 0.747. The van der Waals surface area contributed by atoms with Crippen LogP contribution in [0.4, 0.5) is 5.82 Å². The third kappa shape index (κ3) is 0.500. The van der Waals surface area contributed by atoms with Crippen LogP contribution in [-0.4, -0.2) is 16.3 Å². The molecule has 0 amide bonds. The lowest BCUT2D eigenvalue weighted by atomic mass is 10.6. The molecule has 0 aromatic carbocycles. The zero-order valence-electron chi connectivity index (χ0n) is 5.19. The fourth-order valence-corrected chi connectivity index (χ4v) is 0.863. The maximum Gasteiger partial charge on any atom is 0.236 e. The van der Waals surface area contributed by atoms with E-state index in [2.05, 4.69) is 16.9 Å². The second kappa shape index (κ2) is 1.70. The molecule has 0 unspecified atom stereocenters. The summed E-state index contributed by atoms with van der Waals surface area (Å²) in [4.78, 5) is 3.74. The minimum atomic E-state index is 0.683. The molecule has 4 heteroatoms. The topological polar surface area (TPSA) is 42.8 Å². The van der Waals surface area contributed by atoms with E-state index in [0.717, 1.165) is 5.82 Å². The predicted octanol–water partition coefficient (Wildman–Crippen LogP) is 1.26. The van der Waals surface area contributed by atoms with Crippen LogP contribution in [-0.2, 0) is 0 Å². The van der Waals surface area contributed by atoms with E-state index in [-0.39, 0.29) is 0 Å². The van der Waals surface area contributed by atoms with Crippen LogP contribution in [0.15, 0.2) is 28.0 Å². The summed E-state index contributed by atoms with van der Waals surface area (Å²) in [6, 6.07) is 3.60. The second-order valence-electron chi connectivity index (χ2n) is 1.87. The van der Waals surface area contributed by atoms with E-state index < -0.39 is 0 Å². The third-order valence-corrected chi connectivity index (χ3v) is 1.33. The van der Waals surface area contributed by atoms with Gasteiger partial charge in [-0.15, -0.1) is 0 Å². The minimum Gasteiger partial charge on any atom is -0.336 e. The Morgan fingerprint density at radius 3 is 3.30 bits per heavy atom. The number of nitrogens with zero attached hydrogens (tertiary/aromatic N) is 3. The van der Waals surface area contributed by atoms with E-state index in [1.54, 1.807) is 16.8 Å². The molecule has 0 N–H and O–H groups in total. The summed E-state index contributed by atoms with van der Waals surface area (Å²) >= 11 is 0. The normalized spacial score (nSPS) is 10.4. The van der Waals surface area contributed by atoms with Crippen LogP contribution < -0.4 is 0 Å². The fraction of sp³-hybridized carbons (Fsp3) is 0. The molecule has 0 atom stereocenters. The summed E-state index contributed by atoms with van der Waals surface area (Å²) in [6.45, 7) is 3.39. The smallest absolute Gasteiger partial charge is 0.236 e. The molecule has 2 aromatic heterocycles. The minimum absolute atomic E-state index is 0.683. The van der Waals surface area contributed by atoms with E-state index in [0.29, 0.717) is 5.71 Å². The number of aliphatic imine (C=N–C) groups is 1. The van der Waals surface area contributed by atoms with Crippen LogP contribution in [0.2, 0.25) is 0 Å². The van der Waals surface area contributed by atoms with Crippen molar-refractivity contribution >= 4 is 18.2 Å². The highest BCUT2D eigenvalue weighted by Crippen LogP contribution is 2.15. The monoisotopic (exact) mass is 135 g/mol. The summed E-state index contributed by atoms with van der Waals surface area (Å²) in [7, 11) is 0. The Morgan fingerprint density at radius 1 is 1.60 bits per heavy atom. The van der Waals surface area contributed by atoms with Crippen LogP contribution in [0, 0.1) is 0 Å². The molecule has 2 aromatic rings. The Morgan fingerprint density at radius 2 is 2.50 bits per heavy atom. The summed E-state index contributed by atoms with van der Waals surface area (Å²) in [5.41, 5.74) is 0.683. The van der Waals surface area contributed by atoms with Gasteiger partial charge < -0.3 is 4.52 Å². The van der Waals surface area contributed by atoms with Gasteiger partial charge in [-0.05, 0) is 12.8 Å². The van der Waals surface area contributed by atoms with E-state index in [4.69, 9.17) is 4.52 Å². The van der Waals surface area contributed by atoms with E-state index in [1.165, 1.54) is 0 Å². The van der Waals surface area contributed by atoms with Crippen LogP contribution in [0.25, 0.3) is 5.71 Å². The molecule has 0 aliphatic rings. The number of aromatic nitrogens is 2. The maximum absolute atomic E-state index is 4.83. The van der Waals surface area contributed by atoms with Gasteiger partial charge in [-0.3, -0.25) is 0 Å². The lowest BCUT2D eigenvalue weighted by molar-refractivity contribution is 0.455. The predicted molar refractivity (Wildman–Crippen MR) is 36.7 cm³/mol. The Balaban J connectivity index is 2.88. The van der Waals surface area contributed by atoms with Crippen LogP contribution in [0.5, 0.6) is 0 Å². The van der Waals surface area contributed by atoms with Crippen molar-refractivity contribution in [1.29, 1.82) is 0 Å². The summed E-state index contributed by atoms with van der Waals surface area (Å²) in [5, 5.41) is 3.57. The van der Waals surface area contributed by atoms with Gasteiger partial charge in [0, 0.05) is 6.07 Å². The van der Waals surface area contributed by atoms with Crippen molar-refractivity contribution in [2.75, 3.05) is 0 Å². The molecule has 50 valence electrons. The summed E-state index contributed by atoms with van der Waals surface area (Å²) in [6.07, 6.45) is 1.55. The number of fused-ring (bicyclic) bond motifs is 1. The van der Waals surface area contributed by atoms with Crippen molar-refractivity contribution < 1.29 is 4.52 Å². The van der Waals surface area contributed by atoms with Gasteiger partial charge in [-0.2, -0.15) is 0 Å². The van der Waals surface area contributed by atoms with Gasteiger partial charge >= 0.3 is 0 Å². The molecule has 0 fully saturated rings. The SMILES string of the molecule is C=Nc1ccc2oncn12. The van der Waals surface area contributed by atoms with Gasteiger partial charge in [0.05, 0.1) is 0 Å². The van der Waals surface area contributed by atoms with Crippen LogP contribution in [0.1, 0.15) is 0 Å². The van der Waals surface area contributed by atoms with Gasteiger partial charge in [-0.1, -0.05) is 5.16 Å². The lowest BCUT2D eigenvalue weighted by Gasteiger charge is -1.82. The van der Waals surface area contributed by atoms with Gasteiger partial charge in [0.15, 0.2) is 0 Å². The van der Waals surface area contributed by atoms with Crippen molar-refractivity contribution in [2.45, 2.75) is 0 Å². The quantitative estimate of drug-likeness (QED) is 0.552. The van der Waals surface area contributed by atoms with Crippen molar-refractivity contribution in [1.82, 2.24) is 9.56 Å². The van der Waals surface area contributed by atoms with Gasteiger partial charge in [-0.25, -0.2) is 9.39 Å². The lowest BCUT2D eigenvalue weighted by Crippen LogP contribution is -1.71. The molecule has 2 heterocycles. The molecule has 0 bridgehead atoms. The fourth-order valence-electron chi connectivity index (χ4n) is 0.863. The average molecular weight is 135 g/mol. The van der Waals surface area contributed by atoms with Crippen molar-refractivity contribution in [3.05, 3.63) is 18.5 Å². The highest BCUT2D eigenvalue weighted by molar-refractivity contribution is 5.50. The Kier molecular flexibility index (Phi) is 0.887. The molecular weight excluding hydrogens is 130 g/mol. The van der Waals surface area contributed by atoms with Gasteiger partial charge in [0.1, 0.15) is 12.1 Å². The Hall–Kier alpha value is -1.58. The van der Waals surface area contributed by atoms with E-state index in [1.807, 2.05) is 6.07 Å². The first-order valence-electron chi connectivity index (χ1n) is 2.80. The standard InChI is InChI=1S/C6H5N3O/c1-7-5-2-3-6-9(5)4-8-10-6/h2-4H,1H2. The largest absolute Gasteiger partial charge is 0.336 e. The Labute approximate surface area is 56.8 Å². The number of hydrogen-bond acceptors (Lipinski definition) is 3. The highest BCUT2D eigenvalue weighted by atomic mass is 16.5. The van der Waals surface area contributed by atoms with Crippen molar-refractivity contribution in [2.24, 2.45) is 4.99 Å². The van der Waals surface area contributed by atoms with E-state index >= 15 is 0 Å². The number of hydrogen-bond donors (Lipinski definition) is 0. The molecule has 0 radical (unpaired) electrons. The number of rotatable bonds is 1. The van der Waals surface area contributed by atoms with Gasteiger partial charge in [0.2, 0.25) is 5.71 Å². The Bertz CT molecular complexity index is 360. The molecule has 0 aliphatic carbocycles. The van der Waals surface area contributed by atoms with E-state index in [9.17, 15) is 0 Å². The first-order valence-corrected chi connectivity index (χ1v) is 2.80.